The Labute approximate surface area is 331 Å². The van der Waals surface area contributed by atoms with E-state index >= 15 is 0 Å². The highest BCUT2D eigenvalue weighted by Gasteiger charge is 2.39. The van der Waals surface area contributed by atoms with Gasteiger partial charge in [-0.3, -0.25) is 0 Å². The summed E-state index contributed by atoms with van der Waals surface area (Å²) in [6, 6.07) is 62.1. The number of hydrogen-bond acceptors (Lipinski definition) is 4. The largest absolute Gasteiger partial charge is 0.456 e. The van der Waals surface area contributed by atoms with Gasteiger partial charge in [0.25, 0.3) is 0 Å². The van der Waals surface area contributed by atoms with Crippen molar-refractivity contribution in [2.45, 2.75) is 18.9 Å². The molecule has 0 amide bonds. The van der Waals surface area contributed by atoms with Gasteiger partial charge in [0.15, 0.2) is 5.82 Å². The highest BCUT2D eigenvalue weighted by atomic mass is 16.3. The smallest absolute Gasteiger partial charge is 0.160 e. The molecule has 0 bridgehead atoms. The summed E-state index contributed by atoms with van der Waals surface area (Å²) in [5.41, 5.74) is 16.2. The van der Waals surface area contributed by atoms with Gasteiger partial charge in [0.1, 0.15) is 11.2 Å². The zero-order valence-electron chi connectivity index (χ0n) is 31.4. The fourth-order valence-corrected chi connectivity index (χ4v) is 8.86. The van der Waals surface area contributed by atoms with Crippen LogP contribution in [0.3, 0.4) is 0 Å². The molecule has 2 aliphatic rings. The monoisotopic (exact) mass is 731 g/mol. The summed E-state index contributed by atoms with van der Waals surface area (Å²) in [5.74, 6) is 0.868. The molecule has 11 rings (SSSR count). The van der Waals surface area contributed by atoms with Gasteiger partial charge in [0.2, 0.25) is 0 Å². The first-order valence-electron chi connectivity index (χ1n) is 19.6. The van der Waals surface area contributed by atoms with Crippen LogP contribution in [0.2, 0.25) is 0 Å². The summed E-state index contributed by atoms with van der Waals surface area (Å²) < 4.78 is 6.76. The second-order valence-electron chi connectivity index (χ2n) is 14.9. The van der Waals surface area contributed by atoms with E-state index in [0.717, 1.165) is 61.3 Å². The van der Waals surface area contributed by atoms with E-state index < -0.39 is 0 Å². The van der Waals surface area contributed by atoms with Crippen molar-refractivity contribution in [1.29, 1.82) is 0 Å². The van der Waals surface area contributed by atoms with Gasteiger partial charge in [0.05, 0.1) is 28.5 Å². The molecule has 0 saturated heterocycles. The molecular weight excluding hydrogens is 695 g/mol. The lowest BCUT2D eigenvalue weighted by atomic mass is 9.85. The van der Waals surface area contributed by atoms with Crippen molar-refractivity contribution in [1.82, 2.24) is 9.97 Å². The van der Waals surface area contributed by atoms with Gasteiger partial charge in [-0.25, -0.2) is 9.97 Å². The van der Waals surface area contributed by atoms with Crippen LogP contribution in [-0.4, -0.2) is 16.0 Å². The van der Waals surface area contributed by atoms with E-state index in [4.69, 9.17) is 14.4 Å². The van der Waals surface area contributed by atoms with Gasteiger partial charge in [-0.1, -0.05) is 158 Å². The van der Waals surface area contributed by atoms with Gasteiger partial charge in [-0.15, -0.1) is 0 Å². The maximum atomic E-state index is 6.76. The molecule has 9 aromatic rings. The summed E-state index contributed by atoms with van der Waals surface area (Å²) in [5, 5.41) is 2.19. The number of benzene rings is 7. The van der Waals surface area contributed by atoms with E-state index in [0.29, 0.717) is 5.82 Å². The molecule has 4 nitrogen and oxygen atoms in total. The number of allylic oxidation sites excluding steroid dienone is 2. The van der Waals surface area contributed by atoms with Crippen molar-refractivity contribution < 1.29 is 4.42 Å². The Hall–Kier alpha value is -7.30. The molecule has 57 heavy (non-hydrogen) atoms. The first kappa shape index (κ1) is 33.1. The summed E-state index contributed by atoms with van der Waals surface area (Å²) in [6.45, 7) is 2.12. The summed E-state index contributed by atoms with van der Waals surface area (Å²) in [7, 11) is 0. The van der Waals surface area contributed by atoms with Crippen molar-refractivity contribution in [3.05, 3.63) is 211 Å². The second kappa shape index (κ2) is 13.5. The molecule has 7 aromatic carbocycles. The van der Waals surface area contributed by atoms with E-state index in [2.05, 4.69) is 182 Å². The van der Waals surface area contributed by atoms with Crippen LogP contribution in [0.1, 0.15) is 22.6 Å². The molecule has 2 unspecified atom stereocenters. The third-order valence-electron chi connectivity index (χ3n) is 11.6. The molecular formula is C53H37N3O. The minimum absolute atomic E-state index is 0.102. The zero-order valence-corrected chi connectivity index (χ0v) is 31.4. The number of aromatic nitrogens is 2. The molecule has 1 aliphatic carbocycles. The lowest BCUT2D eigenvalue weighted by molar-refractivity contribution is 0.669. The van der Waals surface area contributed by atoms with E-state index in [9.17, 15) is 0 Å². The van der Waals surface area contributed by atoms with Gasteiger partial charge in [-0.2, -0.15) is 0 Å². The molecule has 0 spiro atoms. The third-order valence-corrected chi connectivity index (χ3v) is 11.6. The number of anilines is 2. The Morgan fingerprint density at radius 1 is 0.509 bits per heavy atom. The predicted octanol–water partition coefficient (Wildman–Crippen LogP) is 13.6. The van der Waals surface area contributed by atoms with Crippen LogP contribution < -0.4 is 4.90 Å². The molecule has 270 valence electrons. The molecule has 0 N–H and O–H groups in total. The molecule has 3 heterocycles. The number of furan rings is 1. The van der Waals surface area contributed by atoms with Crippen molar-refractivity contribution in [3.8, 4) is 45.0 Å². The van der Waals surface area contributed by atoms with E-state index in [1.807, 2.05) is 24.3 Å². The van der Waals surface area contributed by atoms with Crippen molar-refractivity contribution in [2.75, 3.05) is 4.90 Å². The number of nitrogens with zero attached hydrogens (tertiary/aromatic N) is 3. The molecule has 2 atom stereocenters. The third kappa shape index (κ3) is 5.60. The SMILES string of the molecule is Cc1c(-c2ccccc2)nc(-c2ccccc2)nc1-c1ccc2c(c1)oc1cccc(N3c4ccc(-c5ccccc5)cc4C4C=C(c5ccccc5)C=CC43)c12. The van der Waals surface area contributed by atoms with Crippen molar-refractivity contribution in [3.63, 3.8) is 0 Å². The zero-order chi connectivity index (χ0) is 37.9. The van der Waals surface area contributed by atoms with Crippen LogP contribution in [0, 0.1) is 6.92 Å². The maximum absolute atomic E-state index is 6.76. The van der Waals surface area contributed by atoms with Crippen LogP contribution in [0.5, 0.6) is 0 Å². The molecule has 0 saturated carbocycles. The predicted molar refractivity (Wildman–Crippen MR) is 234 cm³/mol. The Morgan fingerprint density at radius 2 is 1.14 bits per heavy atom. The van der Waals surface area contributed by atoms with Crippen LogP contribution in [-0.2, 0) is 0 Å². The van der Waals surface area contributed by atoms with Gasteiger partial charge in [-0.05, 0) is 71.1 Å². The minimum atomic E-state index is 0.102. The molecule has 2 aromatic heterocycles. The Morgan fingerprint density at radius 3 is 1.86 bits per heavy atom. The van der Waals surface area contributed by atoms with Crippen LogP contribution >= 0.6 is 0 Å². The van der Waals surface area contributed by atoms with Gasteiger partial charge in [0, 0.05) is 39.2 Å². The van der Waals surface area contributed by atoms with Gasteiger partial charge < -0.3 is 9.32 Å². The molecule has 4 heteroatoms. The van der Waals surface area contributed by atoms with E-state index in [1.54, 1.807) is 0 Å². The number of fused-ring (bicyclic) bond motifs is 6. The molecule has 1 aliphatic heterocycles. The quantitative estimate of drug-likeness (QED) is 0.171. The van der Waals surface area contributed by atoms with Gasteiger partial charge >= 0.3 is 0 Å². The average molecular weight is 732 g/mol. The van der Waals surface area contributed by atoms with E-state index in [1.165, 1.54) is 33.5 Å². The average Bonchev–Trinajstić information content (AvgIpc) is 3.82. The highest BCUT2D eigenvalue weighted by molar-refractivity contribution is 6.13. The first-order chi connectivity index (χ1) is 28.2. The summed E-state index contributed by atoms with van der Waals surface area (Å²) in [6.07, 6.45) is 7.15. The van der Waals surface area contributed by atoms with Crippen molar-refractivity contribution in [2.24, 2.45) is 0 Å². The molecule has 0 radical (unpaired) electrons. The maximum Gasteiger partial charge on any atom is 0.160 e. The van der Waals surface area contributed by atoms with Crippen LogP contribution in [0.25, 0.3) is 72.5 Å². The fourth-order valence-electron chi connectivity index (χ4n) is 8.86. The normalized spacial score (nSPS) is 15.8. The van der Waals surface area contributed by atoms with Crippen molar-refractivity contribution >= 4 is 38.9 Å². The Balaban J connectivity index is 1.06. The fraction of sp³-hybridized carbons (Fsp3) is 0.0566. The highest BCUT2D eigenvalue weighted by Crippen LogP contribution is 2.52. The summed E-state index contributed by atoms with van der Waals surface area (Å²) >= 11 is 0. The van der Waals surface area contributed by atoms with Crippen LogP contribution in [0.15, 0.2) is 199 Å². The lowest BCUT2D eigenvalue weighted by Gasteiger charge is -2.30. The number of rotatable bonds is 6. The molecule has 0 fully saturated rings. The number of hydrogen-bond donors (Lipinski definition) is 0. The van der Waals surface area contributed by atoms with Crippen LogP contribution in [0.4, 0.5) is 11.4 Å². The minimum Gasteiger partial charge on any atom is -0.456 e. The Bertz CT molecular complexity index is 3020. The first-order valence-corrected chi connectivity index (χ1v) is 19.6. The standard InChI is InChI=1S/C53H37N3O/c1-34-51(37-19-10-4-11-20-37)54-53(38-21-12-5-13-22-38)55-52(34)41-25-28-42-49(33-41)57-48-24-14-23-47(50(42)48)56-45-29-26-39(35-15-6-2-7-16-35)31-43(45)44-32-40(27-30-46(44)56)36-17-8-3-9-18-36/h2-33,43,45H,1H3. The second-order valence-corrected chi connectivity index (χ2v) is 14.9. The van der Waals surface area contributed by atoms with E-state index in [-0.39, 0.29) is 12.0 Å². The lowest BCUT2D eigenvalue weighted by Crippen LogP contribution is -2.29. The topological polar surface area (TPSA) is 42.2 Å². The summed E-state index contributed by atoms with van der Waals surface area (Å²) in [4.78, 5) is 12.8. The Kier molecular flexibility index (Phi) is 7.82.